The van der Waals surface area contributed by atoms with Crippen LogP contribution < -0.4 is 5.32 Å². The Labute approximate surface area is 132 Å². The quantitative estimate of drug-likeness (QED) is 0.869. The van der Waals surface area contributed by atoms with Crippen molar-refractivity contribution < 1.29 is 8.42 Å². The molecule has 1 heterocycles. The molecule has 1 aliphatic heterocycles. The molecule has 1 aromatic carbocycles. The molecule has 2 rings (SSSR count). The Bertz CT molecular complexity index is 571. The zero-order valence-corrected chi connectivity index (χ0v) is 14.7. The van der Waals surface area contributed by atoms with Crippen molar-refractivity contribution in [2.75, 3.05) is 18.6 Å². The molecule has 0 radical (unpaired) electrons. The monoisotopic (exact) mass is 327 g/mol. The second kappa shape index (κ2) is 6.71. The molecule has 0 saturated heterocycles. The summed E-state index contributed by atoms with van der Waals surface area (Å²) in [4.78, 5) is 0.511. The zero-order valence-electron chi connectivity index (χ0n) is 13.1. The molecule has 0 aromatic heterocycles. The molecule has 5 heteroatoms. The smallest absolute Gasteiger partial charge is 0.178 e. The standard InChI is InChI=1S/C16H25NO2S2/c1-4-16(5-2,20-3)12-17-14-10-11-21(18,19)15-9-7-6-8-13(14)15/h6-9,14,17H,4-5,10-12H2,1-3H3. The van der Waals surface area contributed by atoms with Crippen LogP contribution in [0, 0.1) is 0 Å². The lowest BCUT2D eigenvalue weighted by Gasteiger charge is -2.34. The van der Waals surface area contributed by atoms with Gasteiger partial charge >= 0.3 is 0 Å². The molecule has 1 aliphatic rings. The third kappa shape index (κ3) is 3.46. The predicted molar refractivity (Wildman–Crippen MR) is 90.7 cm³/mol. The van der Waals surface area contributed by atoms with Crippen LogP contribution in [-0.2, 0) is 9.84 Å². The molecule has 1 aromatic rings. The van der Waals surface area contributed by atoms with Gasteiger partial charge in [0, 0.05) is 17.3 Å². The van der Waals surface area contributed by atoms with E-state index in [0.717, 1.165) is 24.9 Å². The van der Waals surface area contributed by atoms with Crippen LogP contribution in [-0.4, -0.2) is 31.7 Å². The van der Waals surface area contributed by atoms with Crippen LogP contribution in [0.5, 0.6) is 0 Å². The third-order valence-electron chi connectivity index (χ3n) is 4.70. The predicted octanol–water partition coefficient (Wildman–Crippen LogP) is 3.42. The first kappa shape index (κ1) is 16.8. The van der Waals surface area contributed by atoms with E-state index in [9.17, 15) is 8.42 Å². The first-order chi connectivity index (χ1) is 9.98. The number of hydrogen-bond donors (Lipinski definition) is 1. The second-order valence-corrected chi connectivity index (χ2v) is 9.02. The number of nitrogens with one attached hydrogen (secondary N) is 1. The lowest BCUT2D eigenvalue weighted by atomic mass is 9.99. The molecule has 0 saturated carbocycles. The highest BCUT2D eigenvalue weighted by molar-refractivity contribution is 8.00. The van der Waals surface area contributed by atoms with Gasteiger partial charge in [0.2, 0.25) is 0 Å². The SMILES string of the molecule is CCC(CC)(CNC1CCS(=O)(=O)c2ccccc21)SC. The molecular weight excluding hydrogens is 302 g/mol. The van der Waals surface area contributed by atoms with Gasteiger partial charge in [-0.3, -0.25) is 0 Å². The lowest BCUT2D eigenvalue weighted by Crippen LogP contribution is -2.40. The van der Waals surface area contributed by atoms with Crippen LogP contribution in [0.1, 0.15) is 44.7 Å². The van der Waals surface area contributed by atoms with Gasteiger partial charge in [-0.2, -0.15) is 11.8 Å². The van der Waals surface area contributed by atoms with Crippen LogP contribution in [0.3, 0.4) is 0 Å². The van der Waals surface area contributed by atoms with Gasteiger partial charge in [0.25, 0.3) is 0 Å². The van der Waals surface area contributed by atoms with E-state index in [2.05, 4.69) is 25.4 Å². The van der Waals surface area contributed by atoms with Gasteiger partial charge in [0.05, 0.1) is 10.6 Å². The van der Waals surface area contributed by atoms with Crippen LogP contribution in [0.15, 0.2) is 29.2 Å². The van der Waals surface area contributed by atoms with Crippen molar-refractivity contribution in [2.24, 2.45) is 0 Å². The minimum Gasteiger partial charge on any atom is -0.308 e. The maximum absolute atomic E-state index is 12.2. The van der Waals surface area contributed by atoms with Crippen LogP contribution in [0.2, 0.25) is 0 Å². The number of hydrogen-bond acceptors (Lipinski definition) is 4. The summed E-state index contributed by atoms with van der Waals surface area (Å²) in [6, 6.07) is 7.57. The Balaban J connectivity index is 2.20. The molecule has 1 N–H and O–H groups in total. The minimum atomic E-state index is -3.09. The highest BCUT2D eigenvalue weighted by Crippen LogP contribution is 2.34. The van der Waals surface area contributed by atoms with Crippen molar-refractivity contribution in [3.63, 3.8) is 0 Å². The van der Waals surface area contributed by atoms with Crippen molar-refractivity contribution in [2.45, 2.75) is 48.8 Å². The largest absolute Gasteiger partial charge is 0.308 e. The van der Waals surface area contributed by atoms with Gasteiger partial charge in [0.1, 0.15) is 0 Å². The van der Waals surface area contributed by atoms with E-state index in [1.54, 1.807) is 6.07 Å². The summed E-state index contributed by atoms with van der Waals surface area (Å²) in [7, 11) is -3.09. The highest BCUT2D eigenvalue weighted by atomic mass is 32.2. The number of rotatable bonds is 6. The lowest BCUT2D eigenvalue weighted by molar-refractivity contribution is 0.429. The van der Waals surface area contributed by atoms with E-state index < -0.39 is 9.84 Å². The van der Waals surface area contributed by atoms with E-state index in [1.807, 2.05) is 30.0 Å². The fourth-order valence-corrected chi connectivity index (χ4v) is 5.40. The maximum Gasteiger partial charge on any atom is 0.178 e. The molecule has 1 unspecified atom stereocenters. The van der Waals surface area contributed by atoms with Crippen molar-refractivity contribution in [3.05, 3.63) is 29.8 Å². The summed E-state index contributed by atoms with van der Waals surface area (Å²) in [6.07, 6.45) is 5.06. The van der Waals surface area contributed by atoms with Crippen molar-refractivity contribution in [1.29, 1.82) is 0 Å². The molecule has 0 spiro atoms. The molecule has 0 aliphatic carbocycles. The number of fused-ring (bicyclic) bond motifs is 1. The first-order valence-electron chi connectivity index (χ1n) is 7.58. The number of thioether (sulfide) groups is 1. The van der Waals surface area contributed by atoms with Crippen LogP contribution >= 0.6 is 11.8 Å². The molecule has 0 fully saturated rings. The average Bonchev–Trinajstić information content (AvgIpc) is 2.51. The highest BCUT2D eigenvalue weighted by Gasteiger charge is 2.32. The van der Waals surface area contributed by atoms with Crippen molar-refractivity contribution in [1.82, 2.24) is 5.32 Å². The number of benzene rings is 1. The van der Waals surface area contributed by atoms with E-state index in [0.29, 0.717) is 11.3 Å². The Kier molecular flexibility index (Phi) is 5.38. The van der Waals surface area contributed by atoms with E-state index in [4.69, 9.17) is 0 Å². The summed E-state index contributed by atoms with van der Waals surface area (Å²) in [5, 5.41) is 3.62. The molecule has 1 atom stereocenters. The molecular formula is C16H25NO2S2. The van der Waals surface area contributed by atoms with Crippen LogP contribution in [0.4, 0.5) is 0 Å². The van der Waals surface area contributed by atoms with E-state index in [1.165, 1.54) is 0 Å². The van der Waals surface area contributed by atoms with Gasteiger partial charge in [0.15, 0.2) is 9.84 Å². The third-order valence-corrected chi connectivity index (χ3v) is 8.10. The Morgan fingerprint density at radius 1 is 1.29 bits per heavy atom. The second-order valence-electron chi connectivity index (χ2n) is 5.67. The van der Waals surface area contributed by atoms with Gasteiger partial charge in [-0.15, -0.1) is 0 Å². The van der Waals surface area contributed by atoms with Gasteiger partial charge < -0.3 is 5.32 Å². The maximum atomic E-state index is 12.2. The molecule has 0 amide bonds. The molecule has 118 valence electrons. The summed E-state index contributed by atoms with van der Waals surface area (Å²) >= 11 is 1.91. The summed E-state index contributed by atoms with van der Waals surface area (Å²) in [5.41, 5.74) is 0.936. The zero-order chi connectivity index (χ0) is 15.5. The van der Waals surface area contributed by atoms with Crippen molar-refractivity contribution in [3.8, 4) is 0 Å². The summed E-state index contributed by atoms with van der Waals surface area (Å²) in [6.45, 7) is 5.36. The summed E-state index contributed by atoms with van der Waals surface area (Å²) in [5.74, 6) is 0.242. The van der Waals surface area contributed by atoms with Gasteiger partial charge in [-0.05, 0) is 37.1 Å². The first-order valence-corrected chi connectivity index (χ1v) is 10.5. The Hall–Kier alpha value is -0.520. The Morgan fingerprint density at radius 3 is 2.57 bits per heavy atom. The average molecular weight is 328 g/mol. The fraction of sp³-hybridized carbons (Fsp3) is 0.625. The van der Waals surface area contributed by atoms with E-state index >= 15 is 0 Å². The topological polar surface area (TPSA) is 46.2 Å². The Morgan fingerprint density at radius 2 is 1.95 bits per heavy atom. The van der Waals surface area contributed by atoms with Crippen LogP contribution in [0.25, 0.3) is 0 Å². The van der Waals surface area contributed by atoms with E-state index in [-0.39, 0.29) is 16.5 Å². The summed E-state index contributed by atoms with van der Waals surface area (Å²) < 4.78 is 24.6. The van der Waals surface area contributed by atoms with Gasteiger partial charge in [-0.25, -0.2) is 8.42 Å². The normalized spacial score (nSPS) is 21.0. The fourth-order valence-electron chi connectivity index (χ4n) is 2.97. The molecule has 21 heavy (non-hydrogen) atoms. The molecule has 3 nitrogen and oxygen atoms in total. The number of sulfone groups is 1. The molecule has 0 bridgehead atoms. The minimum absolute atomic E-state index is 0.148. The van der Waals surface area contributed by atoms with Crippen molar-refractivity contribution >= 4 is 21.6 Å². The van der Waals surface area contributed by atoms with Gasteiger partial charge in [-0.1, -0.05) is 32.0 Å².